The van der Waals surface area contributed by atoms with Crippen LogP contribution in [0.1, 0.15) is 18.9 Å². The van der Waals surface area contributed by atoms with Crippen LogP contribution in [0.2, 0.25) is 0 Å². The van der Waals surface area contributed by atoms with Gasteiger partial charge in [-0.2, -0.15) is 0 Å². The summed E-state index contributed by atoms with van der Waals surface area (Å²) < 4.78 is 13.0. The number of para-hydroxylation sites is 1. The van der Waals surface area contributed by atoms with Gasteiger partial charge in [-0.25, -0.2) is 9.78 Å². The topological polar surface area (TPSA) is 77.4 Å². The third-order valence-corrected chi connectivity index (χ3v) is 7.27. The van der Waals surface area contributed by atoms with Crippen molar-refractivity contribution in [2.24, 2.45) is 0 Å². The lowest BCUT2D eigenvalue weighted by atomic mass is 10.0. The maximum absolute atomic E-state index is 12.3. The molecule has 0 atom stereocenters. The van der Waals surface area contributed by atoms with Gasteiger partial charge in [0.05, 0.1) is 25.6 Å². The number of carbonyl (C=O) groups excluding carboxylic acids is 1. The Labute approximate surface area is 228 Å². The number of benzene rings is 3. The lowest BCUT2D eigenvalue weighted by molar-refractivity contribution is 0.252. The van der Waals surface area contributed by atoms with Gasteiger partial charge in [-0.1, -0.05) is 30.0 Å². The molecular weight excluding hydrogens is 496 g/mol. The minimum Gasteiger partial charge on any atom is -0.497 e. The Morgan fingerprint density at radius 2 is 1.55 bits per heavy atom. The molecule has 3 aromatic carbocycles. The van der Waals surface area contributed by atoms with Crippen molar-refractivity contribution in [2.75, 3.05) is 31.8 Å². The van der Waals surface area contributed by atoms with Crippen molar-refractivity contribution in [2.45, 2.75) is 32.0 Å². The van der Waals surface area contributed by atoms with Crippen LogP contribution >= 0.6 is 11.8 Å². The first kappa shape index (κ1) is 27.1. The normalized spacial score (nSPS) is 10.7. The maximum Gasteiger partial charge on any atom is 0.319 e. The van der Waals surface area contributed by atoms with E-state index in [1.807, 2.05) is 67.6 Å². The molecule has 8 heteroatoms. The van der Waals surface area contributed by atoms with Gasteiger partial charge in [0.2, 0.25) is 0 Å². The van der Waals surface area contributed by atoms with Crippen LogP contribution in [0, 0.1) is 6.92 Å². The Morgan fingerprint density at radius 1 is 0.921 bits per heavy atom. The molecule has 1 aromatic heterocycles. The first-order valence-electron chi connectivity index (χ1n) is 12.7. The number of imidazole rings is 1. The highest BCUT2D eigenvalue weighted by molar-refractivity contribution is 7.99. The fraction of sp³-hybridized carbons (Fsp3) is 0.267. The van der Waals surface area contributed by atoms with Crippen LogP contribution in [0.4, 0.5) is 10.5 Å². The SMILES string of the molecule is CCn1c(SCCCNC(=O)Nc2ccccc2C)nc(-c2ccc(OC)cc2)c1-c1ccc(OC)cc1. The summed E-state index contributed by atoms with van der Waals surface area (Å²) in [6.45, 7) is 5.47. The summed E-state index contributed by atoms with van der Waals surface area (Å²) in [5.41, 5.74) is 5.95. The second-order valence-corrected chi connectivity index (χ2v) is 9.75. The van der Waals surface area contributed by atoms with E-state index in [1.165, 1.54) is 0 Å². The van der Waals surface area contributed by atoms with E-state index in [0.29, 0.717) is 6.54 Å². The number of hydrogen-bond acceptors (Lipinski definition) is 5. The second-order valence-electron chi connectivity index (χ2n) is 8.69. The van der Waals surface area contributed by atoms with Gasteiger partial charge in [-0.3, -0.25) is 0 Å². The number of thioether (sulfide) groups is 1. The number of methoxy groups -OCH3 is 2. The van der Waals surface area contributed by atoms with Gasteiger partial charge in [0.1, 0.15) is 11.5 Å². The molecule has 0 radical (unpaired) electrons. The Hall–Kier alpha value is -3.91. The molecule has 0 fully saturated rings. The smallest absolute Gasteiger partial charge is 0.319 e. The Morgan fingerprint density at radius 3 is 2.16 bits per heavy atom. The number of ether oxygens (including phenoxy) is 2. The second kappa shape index (κ2) is 13.1. The number of aromatic nitrogens is 2. The highest BCUT2D eigenvalue weighted by atomic mass is 32.2. The number of urea groups is 1. The standard InChI is InChI=1S/C30H34N4O3S/c1-5-34-28(23-13-17-25(37-4)18-14-23)27(22-11-15-24(36-3)16-12-22)33-30(34)38-20-8-19-31-29(35)32-26-10-7-6-9-21(26)2/h6-7,9-18H,5,8,19-20H2,1-4H3,(H2,31,32,35). The highest BCUT2D eigenvalue weighted by Gasteiger charge is 2.20. The lowest BCUT2D eigenvalue weighted by Crippen LogP contribution is -2.30. The van der Waals surface area contributed by atoms with E-state index in [2.05, 4.69) is 34.3 Å². The van der Waals surface area contributed by atoms with E-state index in [-0.39, 0.29) is 6.03 Å². The third kappa shape index (κ3) is 6.50. The van der Waals surface area contributed by atoms with Crippen molar-refractivity contribution in [1.29, 1.82) is 0 Å². The maximum atomic E-state index is 12.3. The molecule has 0 saturated heterocycles. The molecule has 0 unspecified atom stereocenters. The predicted molar refractivity (Wildman–Crippen MR) is 155 cm³/mol. The fourth-order valence-corrected chi connectivity index (χ4v) is 5.15. The van der Waals surface area contributed by atoms with Gasteiger partial charge < -0.3 is 24.7 Å². The fourth-order valence-electron chi connectivity index (χ4n) is 4.14. The summed E-state index contributed by atoms with van der Waals surface area (Å²) in [7, 11) is 3.34. The van der Waals surface area contributed by atoms with E-state index < -0.39 is 0 Å². The highest BCUT2D eigenvalue weighted by Crippen LogP contribution is 2.37. The van der Waals surface area contributed by atoms with Crippen LogP contribution in [0.15, 0.2) is 78.0 Å². The van der Waals surface area contributed by atoms with E-state index in [0.717, 1.165) is 69.1 Å². The molecule has 2 N–H and O–H groups in total. The Bertz CT molecular complexity index is 1350. The zero-order chi connectivity index (χ0) is 26.9. The van der Waals surface area contributed by atoms with Crippen LogP contribution in [0.3, 0.4) is 0 Å². The summed E-state index contributed by atoms with van der Waals surface area (Å²) in [6, 6.07) is 23.6. The number of hydrogen-bond donors (Lipinski definition) is 2. The van der Waals surface area contributed by atoms with Crippen LogP contribution in [-0.4, -0.2) is 42.1 Å². The van der Waals surface area contributed by atoms with Crippen molar-refractivity contribution in [3.05, 3.63) is 78.4 Å². The number of carbonyl (C=O) groups is 1. The van der Waals surface area contributed by atoms with Crippen molar-refractivity contribution in [1.82, 2.24) is 14.9 Å². The molecule has 0 saturated carbocycles. The first-order valence-corrected chi connectivity index (χ1v) is 13.6. The zero-order valence-electron chi connectivity index (χ0n) is 22.3. The summed E-state index contributed by atoms with van der Waals surface area (Å²) >= 11 is 1.70. The minimum absolute atomic E-state index is 0.192. The van der Waals surface area contributed by atoms with Gasteiger partial charge in [-0.05, 0) is 80.4 Å². The number of anilines is 1. The molecule has 0 bridgehead atoms. The summed E-state index contributed by atoms with van der Waals surface area (Å²) in [5.74, 6) is 2.45. The average Bonchev–Trinajstić information content (AvgIpc) is 3.32. The number of aryl methyl sites for hydroxylation is 1. The quantitative estimate of drug-likeness (QED) is 0.164. The average molecular weight is 531 g/mol. The zero-order valence-corrected chi connectivity index (χ0v) is 23.1. The van der Waals surface area contributed by atoms with E-state index >= 15 is 0 Å². The number of amides is 2. The molecule has 0 spiro atoms. The molecule has 0 aliphatic rings. The number of nitrogens with zero attached hydrogens (tertiary/aromatic N) is 2. The van der Waals surface area contributed by atoms with Crippen molar-refractivity contribution >= 4 is 23.5 Å². The lowest BCUT2D eigenvalue weighted by Gasteiger charge is -2.12. The van der Waals surface area contributed by atoms with Crippen LogP contribution in [0.25, 0.3) is 22.5 Å². The Balaban J connectivity index is 1.48. The van der Waals surface area contributed by atoms with Crippen LogP contribution in [0.5, 0.6) is 11.5 Å². The summed E-state index contributed by atoms with van der Waals surface area (Å²) in [5, 5.41) is 6.81. The van der Waals surface area contributed by atoms with E-state index in [4.69, 9.17) is 14.5 Å². The predicted octanol–water partition coefficient (Wildman–Crippen LogP) is 6.87. The summed E-state index contributed by atoms with van der Waals surface area (Å²) in [4.78, 5) is 17.4. The van der Waals surface area contributed by atoms with Crippen molar-refractivity contribution in [3.63, 3.8) is 0 Å². The number of nitrogens with one attached hydrogen (secondary N) is 2. The molecule has 38 heavy (non-hydrogen) atoms. The monoisotopic (exact) mass is 530 g/mol. The molecule has 0 aliphatic carbocycles. The van der Waals surface area contributed by atoms with Gasteiger partial charge in [0, 0.05) is 35.7 Å². The van der Waals surface area contributed by atoms with Gasteiger partial charge in [0.15, 0.2) is 5.16 Å². The molecule has 0 aliphatic heterocycles. The molecule has 7 nitrogen and oxygen atoms in total. The first-order chi connectivity index (χ1) is 18.5. The third-order valence-electron chi connectivity index (χ3n) is 6.21. The van der Waals surface area contributed by atoms with Crippen LogP contribution < -0.4 is 20.1 Å². The molecule has 4 rings (SSSR count). The van der Waals surface area contributed by atoms with Gasteiger partial charge in [-0.15, -0.1) is 0 Å². The molecule has 198 valence electrons. The molecule has 2 amide bonds. The van der Waals surface area contributed by atoms with Crippen molar-refractivity contribution in [3.8, 4) is 34.0 Å². The largest absolute Gasteiger partial charge is 0.497 e. The van der Waals surface area contributed by atoms with Crippen LogP contribution in [-0.2, 0) is 6.54 Å². The van der Waals surface area contributed by atoms with Gasteiger partial charge in [0.25, 0.3) is 0 Å². The number of rotatable bonds is 11. The van der Waals surface area contributed by atoms with Gasteiger partial charge >= 0.3 is 6.03 Å². The minimum atomic E-state index is -0.192. The Kier molecular flexibility index (Phi) is 9.32. The van der Waals surface area contributed by atoms with E-state index in [1.54, 1.807) is 26.0 Å². The molecule has 4 aromatic rings. The van der Waals surface area contributed by atoms with Crippen molar-refractivity contribution < 1.29 is 14.3 Å². The summed E-state index contributed by atoms with van der Waals surface area (Å²) in [6.07, 6.45) is 0.818. The van der Waals surface area contributed by atoms with E-state index in [9.17, 15) is 4.79 Å². The molecule has 1 heterocycles. The molecular formula is C30H34N4O3S.